The normalized spacial score (nSPS) is 13.6. The predicted molar refractivity (Wildman–Crippen MR) is 69.7 cm³/mol. The smallest absolute Gasteiger partial charge is 0.326 e. The van der Waals surface area contributed by atoms with Gasteiger partial charge in [-0.05, 0) is 19.3 Å². The van der Waals surface area contributed by atoms with Crippen LogP contribution in [0, 0.1) is 5.92 Å². The number of unbranched alkanes of at least 4 members (excludes halogenated alkanes) is 1. The first-order chi connectivity index (χ1) is 8.88. The van der Waals surface area contributed by atoms with E-state index in [2.05, 4.69) is 5.32 Å². The zero-order chi connectivity index (χ0) is 14.8. The molecule has 19 heavy (non-hydrogen) atoms. The number of carboxylic acids is 2. The van der Waals surface area contributed by atoms with Gasteiger partial charge in [-0.2, -0.15) is 0 Å². The van der Waals surface area contributed by atoms with Gasteiger partial charge < -0.3 is 15.5 Å². The molecule has 0 aliphatic heterocycles. The molecule has 1 unspecified atom stereocenters. The highest BCUT2D eigenvalue weighted by Crippen LogP contribution is 2.09. The quantitative estimate of drug-likeness (QED) is 0.561. The molecule has 0 saturated heterocycles. The first kappa shape index (κ1) is 17.4. The topological polar surface area (TPSA) is 104 Å². The van der Waals surface area contributed by atoms with E-state index < -0.39 is 18.0 Å². The van der Waals surface area contributed by atoms with Crippen molar-refractivity contribution in [3.05, 3.63) is 0 Å². The van der Waals surface area contributed by atoms with Crippen molar-refractivity contribution in [2.24, 2.45) is 5.92 Å². The molecule has 0 aromatic carbocycles. The first-order valence-electron chi connectivity index (χ1n) is 6.63. The lowest BCUT2D eigenvalue weighted by Crippen LogP contribution is -2.43. The Morgan fingerprint density at radius 3 is 2.21 bits per heavy atom. The van der Waals surface area contributed by atoms with Crippen molar-refractivity contribution in [1.29, 1.82) is 0 Å². The number of aliphatic carboxylic acids is 2. The molecule has 0 radical (unpaired) electrons. The summed E-state index contributed by atoms with van der Waals surface area (Å²) in [4.78, 5) is 33.1. The van der Waals surface area contributed by atoms with Crippen molar-refractivity contribution in [1.82, 2.24) is 5.32 Å². The maximum Gasteiger partial charge on any atom is 0.326 e. The van der Waals surface area contributed by atoms with Crippen LogP contribution in [-0.2, 0) is 14.4 Å². The molecule has 3 N–H and O–H groups in total. The molecular weight excluding hydrogens is 250 g/mol. The van der Waals surface area contributed by atoms with Gasteiger partial charge in [-0.1, -0.05) is 26.7 Å². The minimum Gasteiger partial charge on any atom is -0.481 e. The number of nitrogens with one attached hydrogen (secondary N) is 1. The molecule has 6 heteroatoms. The molecule has 0 saturated carbocycles. The Bertz CT molecular complexity index is 316. The highest BCUT2D eigenvalue weighted by atomic mass is 16.4. The molecule has 0 fully saturated rings. The summed E-state index contributed by atoms with van der Waals surface area (Å²) in [6, 6.07) is -1.00. The van der Waals surface area contributed by atoms with Gasteiger partial charge in [0.15, 0.2) is 0 Å². The van der Waals surface area contributed by atoms with Crippen LogP contribution in [-0.4, -0.2) is 34.1 Å². The van der Waals surface area contributed by atoms with Crippen LogP contribution in [0.3, 0.4) is 0 Å². The Morgan fingerprint density at radius 1 is 1.11 bits per heavy atom. The number of carboxylic acid groups (broad SMARTS) is 2. The lowest BCUT2D eigenvalue weighted by Gasteiger charge is -2.17. The highest BCUT2D eigenvalue weighted by Gasteiger charge is 2.22. The predicted octanol–water partition coefficient (Wildman–Crippen LogP) is 1.64. The van der Waals surface area contributed by atoms with Gasteiger partial charge in [0.2, 0.25) is 5.91 Å². The first-order valence-corrected chi connectivity index (χ1v) is 6.63. The highest BCUT2D eigenvalue weighted by molar-refractivity contribution is 5.84. The molecule has 110 valence electrons. The van der Waals surface area contributed by atoms with Crippen LogP contribution in [0.15, 0.2) is 0 Å². The number of hydrogen-bond donors (Lipinski definition) is 3. The van der Waals surface area contributed by atoms with E-state index in [4.69, 9.17) is 10.2 Å². The Labute approximate surface area is 113 Å². The largest absolute Gasteiger partial charge is 0.481 e. The molecule has 0 spiro atoms. The van der Waals surface area contributed by atoms with Crippen molar-refractivity contribution in [2.75, 3.05) is 0 Å². The van der Waals surface area contributed by atoms with Crippen molar-refractivity contribution in [3.63, 3.8) is 0 Å². The third-order valence-corrected chi connectivity index (χ3v) is 2.94. The van der Waals surface area contributed by atoms with Crippen molar-refractivity contribution in [3.8, 4) is 0 Å². The van der Waals surface area contributed by atoms with Gasteiger partial charge >= 0.3 is 11.9 Å². The van der Waals surface area contributed by atoms with Gasteiger partial charge in [0, 0.05) is 12.3 Å². The Balaban J connectivity index is 4.21. The summed E-state index contributed by atoms with van der Waals surface area (Å²) < 4.78 is 0. The van der Waals surface area contributed by atoms with Crippen LogP contribution in [0.2, 0.25) is 0 Å². The maximum absolute atomic E-state index is 11.8. The fourth-order valence-corrected chi connectivity index (χ4v) is 1.67. The zero-order valence-electron chi connectivity index (χ0n) is 11.5. The average Bonchev–Trinajstić information content (AvgIpc) is 2.33. The molecule has 2 atom stereocenters. The lowest BCUT2D eigenvalue weighted by molar-refractivity contribution is -0.143. The van der Waals surface area contributed by atoms with Crippen molar-refractivity contribution >= 4 is 17.8 Å². The lowest BCUT2D eigenvalue weighted by atomic mass is 10.0. The van der Waals surface area contributed by atoms with Crippen LogP contribution in [0.4, 0.5) is 0 Å². The Morgan fingerprint density at radius 2 is 1.74 bits per heavy atom. The van der Waals surface area contributed by atoms with E-state index >= 15 is 0 Å². The molecule has 1 amide bonds. The SMILES string of the molecule is CCCCC(C)C(=O)N[C@H](CCCC(=O)O)C(=O)O. The summed E-state index contributed by atoms with van der Waals surface area (Å²) >= 11 is 0. The van der Waals surface area contributed by atoms with E-state index in [1.165, 1.54) is 0 Å². The Kier molecular flexibility index (Phi) is 8.57. The van der Waals surface area contributed by atoms with Crippen LogP contribution in [0.5, 0.6) is 0 Å². The standard InChI is InChI=1S/C13H23NO5/c1-3-4-6-9(2)12(17)14-10(13(18)19)7-5-8-11(15)16/h9-10H,3-8H2,1-2H3,(H,14,17)(H,15,16)(H,18,19)/t9?,10-/m1/s1. The number of amides is 1. The van der Waals surface area contributed by atoms with Crippen LogP contribution < -0.4 is 5.32 Å². The number of carbonyl (C=O) groups excluding carboxylic acids is 1. The summed E-state index contributed by atoms with van der Waals surface area (Å²) in [6.07, 6.45) is 2.91. The minimum absolute atomic E-state index is 0.0922. The van der Waals surface area contributed by atoms with E-state index in [-0.39, 0.29) is 31.1 Å². The second-order valence-corrected chi connectivity index (χ2v) is 4.73. The van der Waals surface area contributed by atoms with E-state index in [9.17, 15) is 14.4 Å². The van der Waals surface area contributed by atoms with E-state index in [1.54, 1.807) is 6.92 Å². The monoisotopic (exact) mass is 273 g/mol. The summed E-state index contributed by atoms with van der Waals surface area (Å²) in [5, 5.41) is 19.9. The molecule has 0 bridgehead atoms. The van der Waals surface area contributed by atoms with E-state index in [0.717, 1.165) is 19.3 Å². The fourth-order valence-electron chi connectivity index (χ4n) is 1.67. The molecule has 6 nitrogen and oxygen atoms in total. The average molecular weight is 273 g/mol. The third-order valence-electron chi connectivity index (χ3n) is 2.94. The molecule has 0 rings (SSSR count). The van der Waals surface area contributed by atoms with Gasteiger partial charge in [0.1, 0.15) is 6.04 Å². The molecule has 0 aromatic rings. The number of carbonyl (C=O) groups is 3. The van der Waals surface area contributed by atoms with Crippen LogP contribution in [0.25, 0.3) is 0 Å². The zero-order valence-corrected chi connectivity index (χ0v) is 11.5. The van der Waals surface area contributed by atoms with Gasteiger partial charge in [0.25, 0.3) is 0 Å². The van der Waals surface area contributed by atoms with Gasteiger partial charge in [-0.25, -0.2) is 4.79 Å². The molecule has 0 aromatic heterocycles. The van der Waals surface area contributed by atoms with Crippen molar-refractivity contribution < 1.29 is 24.6 Å². The molecular formula is C13H23NO5. The van der Waals surface area contributed by atoms with Gasteiger partial charge in [-0.15, -0.1) is 0 Å². The van der Waals surface area contributed by atoms with Crippen LogP contribution >= 0.6 is 0 Å². The van der Waals surface area contributed by atoms with E-state index in [0.29, 0.717) is 0 Å². The summed E-state index contributed by atoms with van der Waals surface area (Å²) in [5.74, 6) is -2.59. The molecule has 0 aliphatic rings. The molecule has 0 heterocycles. The molecule has 0 aliphatic carbocycles. The summed E-state index contributed by atoms with van der Waals surface area (Å²) in [5.41, 5.74) is 0. The Hall–Kier alpha value is -1.59. The van der Waals surface area contributed by atoms with Gasteiger partial charge in [0.05, 0.1) is 0 Å². The summed E-state index contributed by atoms with van der Waals surface area (Å²) in [6.45, 7) is 3.79. The number of rotatable bonds is 10. The van der Waals surface area contributed by atoms with Crippen LogP contribution in [0.1, 0.15) is 52.4 Å². The maximum atomic E-state index is 11.8. The van der Waals surface area contributed by atoms with Crippen molar-refractivity contribution in [2.45, 2.75) is 58.4 Å². The summed E-state index contributed by atoms with van der Waals surface area (Å²) in [7, 11) is 0. The third kappa shape index (κ3) is 8.18. The van der Waals surface area contributed by atoms with E-state index in [1.807, 2.05) is 6.92 Å². The second-order valence-electron chi connectivity index (χ2n) is 4.73. The second kappa shape index (κ2) is 9.35. The minimum atomic E-state index is -1.12. The number of hydrogen-bond acceptors (Lipinski definition) is 3. The fraction of sp³-hybridized carbons (Fsp3) is 0.769. The van der Waals surface area contributed by atoms with Gasteiger partial charge in [-0.3, -0.25) is 9.59 Å².